The number of aromatic nitrogens is 3. The van der Waals surface area contributed by atoms with Crippen molar-refractivity contribution in [3.8, 4) is 0 Å². The zero-order valence-corrected chi connectivity index (χ0v) is 10.5. The molecule has 6 nitrogen and oxygen atoms in total. The van der Waals surface area contributed by atoms with Crippen LogP contribution in [0.2, 0.25) is 0 Å². The zero-order chi connectivity index (χ0) is 11.9. The molecule has 2 rings (SSSR count). The summed E-state index contributed by atoms with van der Waals surface area (Å²) in [7, 11) is -3.12. The predicted molar refractivity (Wildman–Crippen MR) is 59.7 cm³/mol. The summed E-state index contributed by atoms with van der Waals surface area (Å²) in [5.41, 5.74) is 0. The number of fused-ring (bicyclic) bond motifs is 1. The van der Waals surface area contributed by atoms with Crippen molar-refractivity contribution in [1.29, 1.82) is 0 Å². The maximum atomic E-state index is 11.5. The lowest BCUT2D eigenvalue weighted by molar-refractivity contribution is 0.428. The normalized spacial score (nSPS) is 22.8. The number of nitrogens with one attached hydrogen (secondary N) is 1. The van der Waals surface area contributed by atoms with Crippen LogP contribution in [-0.4, -0.2) is 36.0 Å². The van der Waals surface area contributed by atoms with E-state index < -0.39 is 15.1 Å². The van der Waals surface area contributed by atoms with Crippen molar-refractivity contribution in [1.82, 2.24) is 20.1 Å². The van der Waals surface area contributed by atoms with Crippen molar-refractivity contribution in [3.05, 3.63) is 11.6 Å². The first-order valence-corrected chi connectivity index (χ1v) is 7.22. The molecule has 0 saturated heterocycles. The van der Waals surface area contributed by atoms with Crippen LogP contribution in [0.3, 0.4) is 0 Å². The van der Waals surface area contributed by atoms with Gasteiger partial charge in [0.2, 0.25) is 0 Å². The Bertz CT molecular complexity index is 494. The maximum Gasteiger partial charge on any atom is 0.157 e. The molecule has 0 spiro atoms. The summed E-state index contributed by atoms with van der Waals surface area (Å²) in [4.78, 5) is 0. The van der Waals surface area contributed by atoms with Gasteiger partial charge in [-0.05, 0) is 13.8 Å². The van der Waals surface area contributed by atoms with Gasteiger partial charge in [-0.25, -0.2) is 8.42 Å². The Labute approximate surface area is 95.0 Å². The fraction of sp³-hybridized carbons (Fsp3) is 0.778. The lowest BCUT2D eigenvalue weighted by Crippen LogP contribution is -2.33. The average Bonchev–Trinajstić information content (AvgIpc) is 2.60. The van der Waals surface area contributed by atoms with Crippen LogP contribution in [0.4, 0.5) is 0 Å². The number of nitrogens with zero attached hydrogens (tertiary/aromatic N) is 3. The second-order valence-corrected chi connectivity index (χ2v) is 6.58. The van der Waals surface area contributed by atoms with Crippen molar-refractivity contribution >= 4 is 9.84 Å². The molecule has 90 valence electrons. The van der Waals surface area contributed by atoms with E-state index >= 15 is 0 Å². The van der Waals surface area contributed by atoms with Crippen LogP contribution in [0.25, 0.3) is 0 Å². The first-order valence-electron chi connectivity index (χ1n) is 5.26. The van der Waals surface area contributed by atoms with Crippen LogP contribution in [-0.2, 0) is 16.4 Å². The van der Waals surface area contributed by atoms with Crippen molar-refractivity contribution in [2.75, 3.05) is 12.8 Å². The summed E-state index contributed by atoms with van der Waals surface area (Å²) < 4.78 is 24.9. The largest absolute Gasteiger partial charge is 0.311 e. The van der Waals surface area contributed by atoms with Gasteiger partial charge in [-0.3, -0.25) is 0 Å². The Balaban J connectivity index is 2.45. The highest BCUT2D eigenvalue weighted by Gasteiger charge is 2.28. The quantitative estimate of drug-likeness (QED) is 0.795. The Morgan fingerprint density at radius 1 is 1.50 bits per heavy atom. The molecule has 2 unspecified atom stereocenters. The molecule has 1 aromatic heterocycles. The van der Waals surface area contributed by atoms with E-state index in [1.165, 1.54) is 6.26 Å². The van der Waals surface area contributed by atoms with Crippen molar-refractivity contribution in [3.63, 3.8) is 0 Å². The smallest absolute Gasteiger partial charge is 0.157 e. The van der Waals surface area contributed by atoms with Gasteiger partial charge in [-0.2, -0.15) is 0 Å². The number of rotatable bonds is 2. The third-order valence-corrected chi connectivity index (χ3v) is 4.48. The van der Waals surface area contributed by atoms with Gasteiger partial charge in [0.15, 0.2) is 15.7 Å². The minimum Gasteiger partial charge on any atom is -0.311 e. The Morgan fingerprint density at radius 3 is 2.81 bits per heavy atom. The molecule has 0 saturated carbocycles. The van der Waals surface area contributed by atoms with Crippen molar-refractivity contribution in [2.24, 2.45) is 0 Å². The molecule has 1 N–H and O–H groups in total. The van der Waals surface area contributed by atoms with Gasteiger partial charge in [-0.15, -0.1) is 10.2 Å². The van der Waals surface area contributed by atoms with E-state index in [2.05, 4.69) is 15.5 Å². The van der Waals surface area contributed by atoms with Crippen LogP contribution < -0.4 is 5.32 Å². The first kappa shape index (κ1) is 11.5. The SMILES string of the molecule is CC1NCCn2c1nnc2C(C)S(C)(=O)=O. The summed E-state index contributed by atoms with van der Waals surface area (Å²) in [6.45, 7) is 5.19. The third kappa shape index (κ3) is 1.84. The molecular weight excluding hydrogens is 228 g/mol. The van der Waals surface area contributed by atoms with Gasteiger partial charge in [0.1, 0.15) is 11.1 Å². The molecule has 0 amide bonds. The summed E-state index contributed by atoms with van der Waals surface area (Å²) >= 11 is 0. The average molecular weight is 244 g/mol. The molecule has 0 aromatic carbocycles. The van der Waals surface area contributed by atoms with E-state index in [-0.39, 0.29) is 6.04 Å². The molecule has 1 aliphatic rings. The summed E-state index contributed by atoms with van der Waals surface area (Å²) in [5, 5.41) is 10.7. The molecule has 0 bridgehead atoms. The lowest BCUT2D eigenvalue weighted by atomic mass is 10.2. The third-order valence-electron chi connectivity index (χ3n) is 2.99. The molecular formula is C9H16N4O2S. The molecule has 1 aromatic rings. The van der Waals surface area contributed by atoms with Gasteiger partial charge in [0, 0.05) is 19.3 Å². The van der Waals surface area contributed by atoms with Gasteiger partial charge < -0.3 is 9.88 Å². The van der Waals surface area contributed by atoms with Crippen LogP contribution >= 0.6 is 0 Å². The van der Waals surface area contributed by atoms with Gasteiger partial charge in [-0.1, -0.05) is 0 Å². The van der Waals surface area contributed by atoms with E-state index in [9.17, 15) is 8.42 Å². The number of hydrogen-bond donors (Lipinski definition) is 1. The molecule has 2 heterocycles. The van der Waals surface area contributed by atoms with Crippen LogP contribution in [0.15, 0.2) is 0 Å². The van der Waals surface area contributed by atoms with Gasteiger partial charge >= 0.3 is 0 Å². The van der Waals surface area contributed by atoms with Crippen LogP contribution in [0, 0.1) is 0 Å². The van der Waals surface area contributed by atoms with E-state index in [1.54, 1.807) is 6.92 Å². The molecule has 1 aliphatic heterocycles. The van der Waals surface area contributed by atoms with Crippen molar-refractivity contribution in [2.45, 2.75) is 31.7 Å². The van der Waals surface area contributed by atoms with Crippen LogP contribution in [0.1, 0.15) is 36.8 Å². The Morgan fingerprint density at radius 2 is 2.19 bits per heavy atom. The highest BCUT2D eigenvalue weighted by atomic mass is 32.2. The fourth-order valence-corrected chi connectivity index (χ4v) is 2.41. The van der Waals surface area contributed by atoms with Crippen molar-refractivity contribution < 1.29 is 8.42 Å². The minimum atomic E-state index is -3.12. The van der Waals surface area contributed by atoms with E-state index in [0.717, 1.165) is 18.9 Å². The topological polar surface area (TPSA) is 76.9 Å². The summed E-state index contributed by atoms with van der Waals surface area (Å²) in [6, 6.07) is 0.127. The Kier molecular flexibility index (Phi) is 2.75. The van der Waals surface area contributed by atoms with E-state index in [0.29, 0.717) is 5.82 Å². The molecule has 0 fully saturated rings. The molecule has 0 radical (unpaired) electrons. The molecule has 2 atom stereocenters. The standard InChI is InChI=1S/C9H16N4O2S/c1-6-8-11-12-9(7(2)16(3,14)15)13(8)5-4-10-6/h6-7,10H,4-5H2,1-3H3. The second-order valence-electron chi connectivity index (χ2n) is 4.22. The summed E-state index contributed by atoms with van der Waals surface area (Å²) in [6.07, 6.45) is 1.23. The highest BCUT2D eigenvalue weighted by molar-refractivity contribution is 7.90. The molecule has 0 aliphatic carbocycles. The van der Waals surface area contributed by atoms with Gasteiger partial charge in [0.25, 0.3) is 0 Å². The molecule has 7 heteroatoms. The minimum absolute atomic E-state index is 0.127. The van der Waals surface area contributed by atoms with E-state index in [1.807, 2.05) is 11.5 Å². The highest BCUT2D eigenvalue weighted by Crippen LogP contribution is 2.23. The summed E-state index contributed by atoms with van der Waals surface area (Å²) in [5.74, 6) is 1.36. The lowest BCUT2D eigenvalue weighted by Gasteiger charge is -2.22. The number of sulfone groups is 1. The second kappa shape index (κ2) is 3.81. The van der Waals surface area contributed by atoms with E-state index in [4.69, 9.17) is 0 Å². The fourth-order valence-electron chi connectivity index (χ4n) is 1.85. The zero-order valence-electron chi connectivity index (χ0n) is 9.64. The molecule has 16 heavy (non-hydrogen) atoms. The predicted octanol–water partition coefficient (Wildman–Crippen LogP) is 0.0479. The maximum absolute atomic E-state index is 11.5. The van der Waals surface area contributed by atoms with Crippen LogP contribution in [0.5, 0.6) is 0 Å². The first-order chi connectivity index (χ1) is 7.41. The Hall–Kier alpha value is -0.950. The monoisotopic (exact) mass is 244 g/mol. The number of hydrogen-bond acceptors (Lipinski definition) is 5. The van der Waals surface area contributed by atoms with Gasteiger partial charge in [0.05, 0.1) is 6.04 Å².